The molecule has 0 fully saturated rings. The van der Waals surface area contributed by atoms with Crippen LogP contribution in [-0.4, -0.2) is 36.9 Å². The minimum atomic E-state index is -1.17. The van der Waals surface area contributed by atoms with Crippen LogP contribution in [0.15, 0.2) is 10.5 Å². The first-order valence-corrected chi connectivity index (χ1v) is 8.43. The SMILES string of the molecule is CCOC(=O)C(=O)c1c(OC(C)=O)cc2c(C(=O)OCC)c(C)oc2c1Cl. The molecule has 144 valence electrons. The molecule has 2 aromatic rings. The van der Waals surface area contributed by atoms with Gasteiger partial charge < -0.3 is 18.6 Å². The number of benzene rings is 1. The highest BCUT2D eigenvalue weighted by Gasteiger charge is 2.31. The van der Waals surface area contributed by atoms with Crippen molar-refractivity contribution in [3.8, 4) is 5.75 Å². The van der Waals surface area contributed by atoms with Gasteiger partial charge in [0, 0.05) is 12.3 Å². The summed E-state index contributed by atoms with van der Waals surface area (Å²) < 4.78 is 20.2. The van der Waals surface area contributed by atoms with Gasteiger partial charge in [-0.25, -0.2) is 9.59 Å². The van der Waals surface area contributed by atoms with Crippen molar-refractivity contribution in [2.24, 2.45) is 0 Å². The van der Waals surface area contributed by atoms with Crippen molar-refractivity contribution in [2.75, 3.05) is 13.2 Å². The number of esters is 3. The third-order valence-electron chi connectivity index (χ3n) is 3.48. The second-order valence-corrected chi connectivity index (χ2v) is 5.72. The van der Waals surface area contributed by atoms with Crippen LogP contribution in [-0.2, 0) is 19.1 Å². The zero-order chi connectivity index (χ0) is 20.3. The summed E-state index contributed by atoms with van der Waals surface area (Å²) in [6.07, 6.45) is 0. The molecular formula is C18H17ClO8. The molecule has 0 aliphatic rings. The Labute approximate surface area is 159 Å². The Morgan fingerprint density at radius 1 is 1.07 bits per heavy atom. The van der Waals surface area contributed by atoms with E-state index in [4.69, 9.17) is 30.2 Å². The maximum Gasteiger partial charge on any atom is 0.379 e. The molecule has 0 unspecified atom stereocenters. The summed E-state index contributed by atoms with van der Waals surface area (Å²) in [5, 5.41) is -0.0898. The van der Waals surface area contributed by atoms with Crippen LogP contribution in [0.3, 0.4) is 0 Å². The number of furan rings is 1. The monoisotopic (exact) mass is 396 g/mol. The molecule has 0 amide bonds. The van der Waals surface area contributed by atoms with E-state index in [0.717, 1.165) is 6.92 Å². The fourth-order valence-corrected chi connectivity index (χ4v) is 2.81. The minimum absolute atomic E-state index is 0.0132. The number of ether oxygens (including phenoxy) is 3. The van der Waals surface area contributed by atoms with Crippen LogP contribution >= 0.6 is 11.6 Å². The van der Waals surface area contributed by atoms with Gasteiger partial charge in [-0.1, -0.05) is 11.6 Å². The summed E-state index contributed by atoms with van der Waals surface area (Å²) >= 11 is 6.27. The molecule has 0 spiro atoms. The summed E-state index contributed by atoms with van der Waals surface area (Å²) in [4.78, 5) is 48.0. The molecule has 8 nitrogen and oxygen atoms in total. The van der Waals surface area contributed by atoms with Crippen molar-refractivity contribution < 1.29 is 37.8 Å². The first-order valence-electron chi connectivity index (χ1n) is 8.05. The number of aryl methyl sites for hydroxylation is 1. The predicted octanol–water partition coefficient (Wildman–Crippen LogP) is 3.24. The van der Waals surface area contributed by atoms with E-state index in [0.29, 0.717) is 0 Å². The highest BCUT2D eigenvalue weighted by molar-refractivity contribution is 6.48. The first kappa shape index (κ1) is 20.4. The van der Waals surface area contributed by atoms with Crippen LogP contribution in [0, 0.1) is 6.92 Å². The number of Topliss-reactive ketones (excluding diaryl/α,β-unsaturated/α-hetero) is 1. The lowest BCUT2D eigenvalue weighted by atomic mass is 10.0. The van der Waals surface area contributed by atoms with E-state index < -0.39 is 23.7 Å². The summed E-state index contributed by atoms with van der Waals surface area (Å²) in [5.74, 6) is -3.78. The summed E-state index contributed by atoms with van der Waals surface area (Å²) in [5.41, 5.74) is -0.319. The maximum atomic E-state index is 12.4. The van der Waals surface area contributed by atoms with Crippen LogP contribution in [0.5, 0.6) is 5.75 Å². The highest BCUT2D eigenvalue weighted by Crippen LogP contribution is 2.39. The second kappa shape index (κ2) is 8.22. The standard InChI is InChI=1S/C18H17ClO8/c1-5-24-17(22)12-8(3)26-16-10(12)7-11(27-9(4)20)13(14(16)19)15(21)18(23)25-6-2/h7H,5-6H2,1-4H3. The van der Waals surface area contributed by atoms with Gasteiger partial charge in [0.15, 0.2) is 5.58 Å². The molecule has 0 saturated carbocycles. The van der Waals surface area contributed by atoms with Crippen LogP contribution in [0.2, 0.25) is 5.02 Å². The lowest BCUT2D eigenvalue weighted by Gasteiger charge is -2.10. The van der Waals surface area contributed by atoms with Gasteiger partial charge in [-0.15, -0.1) is 0 Å². The second-order valence-electron chi connectivity index (χ2n) is 5.34. The molecule has 0 saturated heterocycles. The minimum Gasteiger partial charge on any atom is -0.462 e. The van der Waals surface area contributed by atoms with E-state index in [1.54, 1.807) is 6.92 Å². The maximum absolute atomic E-state index is 12.4. The van der Waals surface area contributed by atoms with Crippen LogP contribution in [0.4, 0.5) is 0 Å². The Kier molecular flexibility index (Phi) is 6.22. The first-order chi connectivity index (χ1) is 12.7. The van der Waals surface area contributed by atoms with Gasteiger partial charge in [0.2, 0.25) is 0 Å². The van der Waals surface area contributed by atoms with Crippen molar-refractivity contribution in [1.82, 2.24) is 0 Å². The zero-order valence-electron chi connectivity index (χ0n) is 15.1. The quantitative estimate of drug-likeness (QED) is 0.317. The molecule has 0 atom stereocenters. The molecule has 0 aliphatic heterocycles. The topological polar surface area (TPSA) is 109 Å². The number of rotatable bonds is 6. The summed E-state index contributed by atoms with van der Waals surface area (Å²) in [7, 11) is 0. The third kappa shape index (κ3) is 3.95. The Balaban J connectivity index is 2.78. The molecular weight excluding hydrogens is 380 g/mol. The molecule has 27 heavy (non-hydrogen) atoms. The van der Waals surface area contributed by atoms with Crippen LogP contribution in [0.25, 0.3) is 11.0 Å². The smallest absolute Gasteiger partial charge is 0.379 e. The Hall–Kier alpha value is -2.87. The normalized spacial score (nSPS) is 10.6. The van der Waals surface area contributed by atoms with Crippen molar-refractivity contribution in [3.05, 3.63) is 28.0 Å². The number of fused-ring (bicyclic) bond motifs is 1. The number of hydrogen-bond acceptors (Lipinski definition) is 8. The molecule has 1 heterocycles. The van der Waals surface area contributed by atoms with E-state index in [2.05, 4.69) is 0 Å². The Morgan fingerprint density at radius 3 is 2.26 bits per heavy atom. The lowest BCUT2D eigenvalue weighted by Crippen LogP contribution is -2.19. The number of carbonyl (C=O) groups is 4. The van der Waals surface area contributed by atoms with Gasteiger partial charge in [-0.3, -0.25) is 9.59 Å². The van der Waals surface area contributed by atoms with E-state index in [9.17, 15) is 19.2 Å². The van der Waals surface area contributed by atoms with Crippen molar-refractivity contribution in [1.29, 1.82) is 0 Å². The summed E-state index contributed by atoms with van der Waals surface area (Å²) in [6.45, 7) is 5.91. The average molecular weight is 397 g/mol. The molecule has 0 aliphatic carbocycles. The fourth-order valence-electron chi connectivity index (χ4n) is 2.49. The van der Waals surface area contributed by atoms with E-state index in [1.807, 2.05) is 0 Å². The number of halogens is 1. The fraction of sp³-hybridized carbons (Fsp3) is 0.333. The molecule has 9 heteroatoms. The molecule has 1 aromatic carbocycles. The largest absolute Gasteiger partial charge is 0.462 e. The molecule has 0 N–H and O–H groups in total. The van der Waals surface area contributed by atoms with Crippen molar-refractivity contribution in [2.45, 2.75) is 27.7 Å². The number of ketones is 1. The van der Waals surface area contributed by atoms with Crippen molar-refractivity contribution in [3.63, 3.8) is 0 Å². The van der Waals surface area contributed by atoms with Gasteiger partial charge >= 0.3 is 17.9 Å². The van der Waals surface area contributed by atoms with Gasteiger partial charge in [-0.05, 0) is 26.8 Å². The van der Waals surface area contributed by atoms with Crippen molar-refractivity contribution >= 4 is 46.3 Å². The number of carbonyl (C=O) groups excluding carboxylic acids is 4. The average Bonchev–Trinajstić information content (AvgIpc) is 2.91. The van der Waals surface area contributed by atoms with Gasteiger partial charge in [-0.2, -0.15) is 0 Å². The Morgan fingerprint density at radius 2 is 1.70 bits per heavy atom. The van der Waals surface area contributed by atoms with E-state index in [-0.39, 0.29) is 51.8 Å². The van der Waals surface area contributed by atoms with Crippen LogP contribution < -0.4 is 4.74 Å². The molecule has 1 aromatic heterocycles. The number of hydrogen-bond donors (Lipinski definition) is 0. The van der Waals surface area contributed by atoms with E-state index in [1.165, 1.54) is 19.9 Å². The van der Waals surface area contributed by atoms with Crippen LogP contribution in [0.1, 0.15) is 47.2 Å². The van der Waals surface area contributed by atoms with E-state index >= 15 is 0 Å². The molecule has 0 bridgehead atoms. The zero-order valence-corrected chi connectivity index (χ0v) is 15.9. The molecule has 0 radical (unpaired) electrons. The van der Waals surface area contributed by atoms with Gasteiger partial charge in [0.25, 0.3) is 5.78 Å². The van der Waals surface area contributed by atoms with Gasteiger partial charge in [0.05, 0.1) is 23.8 Å². The highest BCUT2D eigenvalue weighted by atomic mass is 35.5. The predicted molar refractivity (Wildman–Crippen MR) is 94.2 cm³/mol. The third-order valence-corrected chi connectivity index (χ3v) is 3.84. The lowest BCUT2D eigenvalue weighted by molar-refractivity contribution is -0.137. The Bertz CT molecular complexity index is 941. The van der Waals surface area contributed by atoms with Gasteiger partial charge in [0.1, 0.15) is 17.1 Å². The molecule has 2 rings (SSSR count). The summed E-state index contributed by atoms with van der Waals surface area (Å²) in [6, 6.07) is 1.23.